The summed E-state index contributed by atoms with van der Waals surface area (Å²) in [4.78, 5) is 0. The highest BCUT2D eigenvalue weighted by Crippen LogP contribution is 2.30. The Kier molecular flexibility index (Phi) is 4.52. The van der Waals surface area contributed by atoms with Gasteiger partial charge in [-0.25, -0.2) is 13.2 Å². The molecule has 2 aromatic rings. The largest absolute Gasteiger partial charge is 0.493 e. The summed E-state index contributed by atoms with van der Waals surface area (Å²) in [5.41, 5.74) is 6.29. The first-order valence-electron chi connectivity index (χ1n) is 6.49. The van der Waals surface area contributed by atoms with Gasteiger partial charge in [0.05, 0.1) is 19.3 Å². The van der Waals surface area contributed by atoms with Crippen molar-refractivity contribution in [3.63, 3.8) is 0 Å². The van der Waals surface area contributed by atoms with Crippen molar-refractivity contribution < 1.29 is 17.9 Å². The van der Waals surface area contributed by atoms with Gasteiger partial charge < -0.3 is 10.5 Å². The summed E-state index contributed by atoms with van der Waals surface area (Å²) in [6.45, 7) is 2.50. The maximum absolute atomic E-state index is 13.9. The lowest BCUT2D eigenvalue weighted by Crippen LogP contribution is -2.20. The van der Waals surface area contributed by atoms with Gasteiger partial charge in [0.25, 0.3) is 0 Å². The third kappa shape index (κ3) is 2.73. The van der Waals surface area contributed by atoms with E-state index in [1.54, 1.807) is 4.68 Å². The van der Waals surface area contributed by atoms with Crippen molar-refractivity contribution in [2.45, 2.75) is 25.9 Å². The Morgan fingerprint density at radius 1 is 1.29 bits per heavy atom. The number of aromatic nitrogens is 2. The molecule has 2 rings (SSSR count). The first kappa shape index (κ1) is 15.4. The van der Waals surface area contributed by atoms with Crippen LogP contribution < -0.4 is 10.5 Å². The summed E-state index contributed by atoms with van der Waals surface area (Å²) >= 11 is 0. The zero-order chi connectivity index (χ0) is 15.6. The van der Waals surface area contributed by atoms with E-state index in [0.29, 0.717) is 18.0 Å². The number of ether oxygens (including phenoxy) is 1. The topological polar surface area (TPSA) is 53.1 Å². The van der Waals surface area contributed by atoms with Gasteiger partial charge in [0.1, 0.15) is 5.69 Å². The molecule has 1 aromatic carbocycles. The molecule has 0 saturated heterocycles. The van der Waals surface area contributed by atoms with Gasteiger partial charge in [-0.2, -0.15) is 5.10 Å². The summed E-state index contributed by atoms with van der Waals surface area (Å²) in [7, 11) is 1.44. The number of rotatable bonds is 5. The van der Waals surface area contributed by atoms with Crippen LogP contribution >= 0.6 is 0 Å². The Balaban J connectivity index is 2.51. The zero-order valence-corrected chi connectivity index (χ0v) is 11.7. The molecule has 0 aliphatic rings. The molecular weight excluding hydrogens is 283 g/mol. The number of hydrogen-bond acceptors (Lipinski definition) is 3. The SMILES string of the molecule is CCCn1ncc(OC)c1C(N)c1ccc(F)c(F)c1F. The van der Waals surface area contributed by atoms with Crippen LogP contribution in [0.1, 0.15) is 30.6 Å². The maximum Gasteiger partial charge on any atom is 0.194 e. The van der Waals surface area contributed by atoms with Gasteiger partial charge in [-0.1, -0.05) is 13.0 Å². The van der Waals surface area contributed by atoms with Gasteiger partial charge in [0.15, 0.2) is 23.2 Å². The van der Waals surface area contributed by atoms with E-state index in [4.69, 9.17) is 10.5 Å². The third-order valence-electron chi connectivity index (χ3n) is 3.19. The molecule has 0 radical (unpaired) electrons. The molecule has 0 saturated carbocycles. The highest BCUT2D eigenvalue weighted by atomic mass is 19.2. The predicted octanol–water partition coefficient (Wildman–Crippen LogP) is 2.77. The first-order chi connectivity index (χ1) is 10.0. The average Bonchev–Trinajstić information content (AvgIpc) is 2.87. The summed E-state index contributed by atoms with van der Waals surface area (Å²) in [6, 6.07) is 0.964. The van der Waals surface area contributed by atoms with E-state index in [2.05, 4.69) is 5.10 Å². The van der Waals surface area contributed by atoms with E-state index in [-0.39, 0.29) is 5.56 Å². The molecule has 0 aliphatic carbocycles. The van der Waals surface area contributed by atoms with Gasteiger partial charge in [0.2, 0.25) is 0 Å². The van der Waals surface area contributed by atoms with Crippen molar-refractivity contribution in [3.05, 3.63) is 47.0 Å². The smallest absolute Gasteiger partial charge is 0.194 e. The Bertz CT molecular complexity index is 643. The molecule has 0 spiro atoms. The first-order valence-corrected chi connectivity index (χ1v) is 6.49. The number of benzene rings is 1. The van der Waals surface area contributed by atoms with Crippen LogP contribution in [0.15, 0.2) is 18.3 Å². The second kappa shape index (κ2) is 6.17. The van der Waals surface area contributed by atoms with Gasteiger partial charge in [-0.3, -0.25) is 4.68 Å². The fourth-order valence-electron chi connectivity index (χ4n) is 2.17. The summed E-state index contributed by atoms with van der Waals surface area (Å²) < 4.78 is 47.0. The molecule has 114 valence electrons. The molecule has 0 amide bonds. The van der Waals surface area contributed by atoms with Crippen LogP contribution in [-0.2, 0) is 6.54 Å². The summed E-state index contributed by atoms with van der Waals surface area (Å²) in [5.74, 6) is -3.71. The minimum absolute atomic E-state index is 0.148. The monoisotopic (exact) mass is 299 g/mol. The molecule has 1 heterocycles. The quantitative estimate of drug-likeness (QED) is 0.864. The minimum atomic E-state index is -1.54. The van der Waals surface area contributed by atoms with E-state index in [9.17, 15) is 13.2 Å². The van der Waals surface area contributed by atoms with Gasteiger partial charge in [-0.05, 0) is 12.5 Å². The van der Waals surface area contributed by atoms with Crippen molar-refractivity contribution in [1.82, 2.24) is 9.78 Å². The van der Waals surface area contributed by atoms with Crippen molar-refractivity contribution in [2.75, 3.05) is 7.11 Å². The van der Waals surface area contributed by atoms with E-state index in [1.807, 2.05) is 6.92 Å². The van der Waals surface area contributed by atoms with E-state index < -0.39 is 23.5 Å². The van der Waals surface area contributed by atoms with Crippen LogP contribution in [0, 0.1) is 17.5 Å². The fourth-order valence-corrected chi connectivity index (χ4v) is 2.17. The Morgan fingerprint density at radius 3 is 2.62 bits per heavy atom. The molecule has 1 aromatic heterocycles. The second-order valence-electron chi connectivity index (χ2n) is 4.56. The van der Waals surface area contributed by atoms with Crippen LogP contribution in [-0.4, -0.2) is 16.9 Å². The van der Waals surface area contributed by atoms with Gasteiger partial charge >= 0.3 is 0 Å². The molecule has 1 unspecified atom stereocenters. The third-order valence-corrected chi connectivity index (χ3v) is 3.19. The molecule has 0 aliphatic heterocycles. The Hall–Kier alpha value is -2.02. The molecule has 2 N–H and O–H groups in total. The van der Waals surface area contributed by atoms with Crippen LogP contribution in [0.3, 0.4) is 0 Å². The number of aryl methyl sites for hydroxylation is 1. The number of methoxy groups -OCH3 is 1. The van der Waals surface area contributed by atoms with E-state index in [0.717, 1.165) is 18.6 Å². The average molecular weight is 299 g/mol. The lowest BCUT2D eigenvalue weighted by molar-refractivity contribution is 0.401. The fraction of sp³-hybridized carbons (Fsp3) is 0.357. The number of nitrogens with zero attached hydrogens (tertiary/aromatic N) is 2. The zero-order valence-electron chi connectivity index (χ0n) is 11.7. The summed E-state index contributed by atoms with van der Waals surface area (Å²) in [6.07, 6.45) is 2.24. The molecular formula is C14H16F3N3O. The molecule has 7 heteroatoms. The molecule has 21 heavy (non-hydrogen) atoms. The lowest BCUT2D eigenvalue weighted by Gasteiger charge is -2.17. The number of hydrogen-bond donors (Lipinski definition) is 1. The van der Waals surface area contributed by atoms with Crippen molar-refractivity contribution in [1.29, 1.82) is 0 Å². The van der Waals surface area contributed by atoms with Gasteiger partial charge in [-0.15, -0.1) is 0 Å². The number of halogens is 3. The molecule has 0 fully saturated rings. The van der Waals surface area contributed by atoms with E-state index in [1.165, 1.54) is 13.3 Å². The highest BCUT2D eigenvalue weighted by molar-refractivity contribution is 5.37. The van der Waals surface area contributed by atoms with Crippen LogP contribution in [0.2, 0.25) is 0 Å². The Morgan fingerprint density at radius 2 is 2.00 bits per heavy atom. The number of nitrogens with two attached hydrogens (primary N) is 1. The predicted molar refractivity (Wildman–Crippen MR) is 71.4 cm³/mol. The minimum Gasteiger partial charge on any atom is -0.493 e. The van der Waals surface area contributed by atoms with Crippen LogP contribution in [0.25, 0.3) is 0 Å². The molecule has 4 nitrogen and oxygen atoms in total. The van der Waals surface area contributed by atoms with Crippen molar-refractivity contribution in [3.8, 4) is 5.75 Å². The molecule has 0 bridgehead atoms. The van der Waals surface area contributed by atoms with Crippen LogP contribution in [0.5, 0.6) is 5.75 Å². The molecule has 1 atom stereocenters. The maximum atomic E-state index is 13.9. The highest BCUT2D eigenvalue weighted by Gasteiger charge is 2.25. The second-order valence-corrected chi connectivity index (χ2v) is 4.56. The van der Waals surface area contributed by atoms with Crippen LogP contribution in [0.4, 0.5) is 13.2 Å². The van der Waals surface area contributed by atoms with Gasteiger partial charge in [0, 0.05) is 12.1 Å². The summed E-state index contributed by atoms with van der Waals surface area (Å²) in [5, 5.41) is 4.11. The normalized spacial score (nSPS) is 12.5. The van der Waals surface area contributed by atoms with E-state index >= 15 is 0 Å². The Labute approximate surface area is 120 Å². The standard InChI is InChI=1S/C14H16F3N3O/c1-3-6-20-14(10(21-2)7-19-20)13(18)8-4-5-9(15)12(17)11(8)16/h4-5,7,13H,3,6,18H2,1-2H3. The lowest BCUT2D eigenvalue weighted by atomic mass is 10.0. The van der Waals surface area contributed by atoms with Crippen molar-refractivity contribution >= 4 is 0 Å². The van der Waals surface area contributed by atoms with Crippen molar-refractivity contribution in [2.24, 2.45) is 5.73 Å².